The molecule has 0 aliphatic rings. The van der Waals surface area contributed by atoms with Gasteiger partial charge >= 0.3 is 5.97 Å². The maximum absolute atomic E-state index is 12.0. The molecule has 1 rings (SSSR count). The second-order valence-electron chi connectivity index (χ2n) is 3.76. The highest BCUT2D eigenvalue weighted by Gasteiger charge is 2.27. The molecule has 0 saturated heterocycles. The van der Waals surface area contributed by atoms with E-state index in [2.05, 4.69) is 15.9 Å². The maximum Gasteiger partial charge on any atom is 0.306 e. The standard InChI is InChI=1S/C12H13BrO3/c1-7(8(2)12(15)16)11(14)9-5-3-4-6-10(9)13/h3-8H,1-2H3,(H,15,16). The highest BCUT2D eigenvalue weighted by atomic mass is 79.9. The number of ketones is 1. The summed E-state index contributed by atoms with van der Waals surface area (Å²) in [5, 5.41) is 8.85. The summed E-state index contributed by atoms with van der Waals surface area (Å²) in [6.45, 7) is 3.18. The fraction of sp³-hybridized carbons (Fsp3) is 0.333. The van der Waals surface area contributed by atoms with Crippen molar-refractivity contribution in [2.45, 2.75) is 13.8 Å². The topological polar surface area (TPSA) is 54.4 Å². The van der Waals surface area contributed by atoms with Crippen LogP contribution in [0.3, 0.4) is 0 Å². The van der Waals surface area contributed by atoms with E-state index in [0.717, 1.165) is 0 Å². The van der Waals surface area contributed by atoms with Gasteiger partial charge in [0.1, 0.15) is 0 Å². The van der Waals surface area contributed by atoms with Gasteiger partial charge in [-0.25, -0.2) is 0 Å². The van der Waals surface area contributed by atoms with Crippen molar-refractivity contribution in [3.05, 3.63) is 34.3 Å². The van der Waals surface area contributed by atoms with E-state index in [1.54, 1.807) is 32.0 Å². The number of hydrogen-bond acceptors (Lipinski definition) is 2. The molecule has 4 heteroatoms. The Morgan fingerprint density at radius 2 is 1.75 bits per heavy atom. The number of benzene rings is 1. The van der Waals surface area contributed by atoms with E-state index >= 15 is 0 Å². The molecule has 3 nitrogen and oxygen atoms in total. The van der Waals surface area contributed by atoms with Crippen molar-refractivity contribution < 1.29 is 14.7 Å². The lowest BCUT2D eigenvalue weighted by atomic mass is 9.88. The monoisotopic (exact) mass is 284 g/mol. The molecule has 0 aliphatic carbocycles. The Balaban J connectivity index is 2.95. The zero-order chi connectivity index (χ0) is 12.3. The van der Waals surface area contributed by atoms with Gasteiger partial charge in [-0.05, 0) is 6.07 Å². The summed E-state index contributed by atoms with van der Waals surface area (Å²) in [6, 6.07) is 7.03. The Morgan fingerprint density at radius 3 is 2.25 bits per heavy atom. The summed E-state index contributed by atoms with van der Waals surface area (Å²) in [6.07, 6.45) is 0. The minimum Gasteiger partial charge on any atom is -0.481 e. The van der Waals surface area contributed by atoms with Gasteiger partial charge in [0.05, 0.1) is 5.92 Å². The van der Waals surface area contributed by atoms with E-state index in [1.165, 1.54) is 0 Å². The molecular weight excluding hydrogens is 272 g/mol. The van der Waals surface area contributed by atoms with E-state index in [0.29, 0.717) is 10.0 Å². The van der Waals surface area contributed by atoms with Crippen LogP contribution in [-0.4, -0.2) is 16.9 Å². The first-order chi connectivity index (χ1) is 7.45. The molecule has 0 saturated carbocycles. The smallest absolute Gasteiger partial charge is 0.306 e. The summed E-state index contributed by atoms with van der Waals surface area (Å²) in [5.41, 5.74) is 0.531. The van der Waals surface area contributed by atoms with Gasteiger partial charge in [0.15, 0.2) is 5.78 Å². The molecule has 2 unspecified atom stereocenters. The van der Waals surface area contributed by atoms with Crippen molar-refractivity contribution in [3.8, 4) is 0 Å². The Bertz CT molecular complexity index is 414. The molecule has 0 spiro atoms. The third kappa shape index (κ3) is 2.70. The van der Waals surface area contributed by atoms with Gasteiger partial charge in [-0.1, -0.05) is 48.0 Å². The maximum atomic E-state index is 12.0. The largest absolute Gasteiger partial charge is 0.481 e. The first kappa shape index (κ1) is 12.9. The van der Waals surface area contributed by atoms with Crippen molar-refractivity contribution in [2.24, 2.45) is 11.8 Å². The van der Waals surface area contributed by atoms with E-state index in [4.69, 9.17) is 5.11 Å². The van der Waals surface area contributed by atoms with Crippen LogP contribution in [0.1, 0.15) is 24.2 Å². The lowest BCUT2D eigenvalue weighted by Crippen LogP contribution is -2.25. The van der Waals surface area contributed by atoms with E-state index < -0.39 is 17.8 Å². The molecule has 0 bridgehead atoms. The first-order valence-electron chi connectivity index (χ1n) is 4.96. The molecule has 0 amide bonds. The van der Waals surface area contributed by atoms with Crippen LogP contribution in [0.25, 0.3) is 0 Å². The van der Waals surface area contributed by atoms with E-state index in [1.807, 2.05) is 6.07 Å². The molecule has 0 radical (unpaired) electrons. The molecule has 1 aromatic rings. The second kappa shape index (κ2) is 5.25. The molecule has 1 aromatic carbocycles. The average Bonchev–Trinajstić information content (AvgIpc) is 2.26. The lowest BCUT2D eigenvalue weighted by molar-refractivity contribution is -0.142. The number of carboxylic acid groups (broad SMARTS) is 1. The number of rotatable bonds is 4. The minimum absolute atomic E-state index is 0.151. The van der Waals surface area contributed by atoms with Crippen LogP contribution in [0, 0.1) is 11.8 Å². The van der Waals surface area contributed by atoms with Gasteiger partial charge in [-0.3, -0.25) is 9.59 Å². The third-order valence-corrected chi connectivity index (χ3v) is 3.38. The minimum atomic E-state index is -0.951. The van der Waals surface area contributed by atoms with Crippen LogP contribution in [-0.2, 0) is 4.79 Å². The number of Topliss-reactive ketones (excluding diaryl/α,β-unsaturated/α-hetero) is 1. The Labute approximate surface area is 103 Å². The molecule has 16 heavy (non-hydrogen) atoms. The summed E-state index contributed by atoms with van der Waals surface area (Å²) >= 11 is 3.28. The van der Waals surface area contributed by atoms with Crippen LogP contribution in [0.2, 0.25) is 0 Å². The molecule has 1 N–H and O–H groups in total. The Morgan fingerprint density at radius 1 is 1.19 bits per heavy atom. The Hall–Kier alpha value is -1.16. The van der Waals surface area contributed by atoms with Crippen LogP contribution in [0.5, 0.6) is 0 Å². The summed E-state index contributed by atoms with van der Waals surface area (Å²) in [5.74, 6) is -2.31. The molecule has 0 heterocycles. The normalized spacial score (nSPS) is 14.2. The summed E-state index contributed by atoms with van der Waals surface area (Å²) < 4.78 is 0.699. The third-order valence-electron chi connectivity index (χ3n) is 2.69. The van der Waals surface area contributed by atoms with Gasteiger partial charge in [-0.2, -0.15) is 0 Å². The van der Waals surface area contributed by atoms with Gasteiger partial charge in [0.2, 0.25) is 0 Å². The van der Waals surface area contributed by atoms with Gasteiger partial charge in [-0.15, -0.1) is 0 Å². The van der Waals surface area contributed by atoms with Crippen LogP contribution in [0.4, 0.5) is 0 Å². The number of carbonyl (C=O) groups excluding carboxylic acids is 1. The van der Waals surface area contributed by atoms with Crippen LogP contribution < -0.4 is 0 Å². The van der Waals surface area contributed by atoms with Crippen LogP contribution in [0.15, 0.2) is 28.7 Å². The summed E-state index contributed by atoms with van der Waals surface area (Å²) in [7, 11) is 0. The van der Waals surface area contributed by atoms with Gasteiger partial charge in [0, 0.05) is 16.0 Å². The average molecular weight is 285 g/mol. The zero-order valence-corrected chi connectivity index (χ0v) is 10.7. The molecule has 86 valence electrons. The first-order valence-corrected chi connectivity index (χ1v) is 5.76. The van der Waals surface area contributed by atoms with E-state index in [9.17, 15) is 9.59 Å². The molecule has 2 atom stereocenters. The van der Waals surface area contributed by atoms with Crippen molar-refractivity contribution in [1.82, 2.24) is 0 Å². The predicted molar refractivity (Wildman–Crippen MR) is 64.4 cm³/mol. The molecule has 0 aliphatic heterocycles. The summed E-state index contributed by atoms with van der Waals surface area (Å²) in [4.78, 5) is 22.8. The fourth-order valence-electron chi connectivity index (χ4n) is 1.35. The van der Waals surface area contributed by atoms with Gasteiger partial charge in [0.25, 0.3) is 0 Å². The highest BCUT2D eigenvalue weighted by molar-refractivity contribution is 9.10. The van der Waals surface area contributed by atoms with Crippen molar-refractivity contribution in [2.75, 3.05) is 0 Å². The number of carbonyl (C=O) groups is 2. The lowest BCUT2D eigenvalue weighted by Gasteiger charge is -2.15. The Kier molecular flexibility index (Phi) is 4.24. The van der Waals surface area contributed by atoms with Crippen LogP contribution >= 0.6 is 15.9 Å². The fourth-order valence-corrected chi connectivity index (χ4v) is 1.83. The number of carboxylic acids is 1. The SMILES string of the molecule is CC(C(=O)O)C(C)C(=O)c1ccccc1Br. The van der Waals surface area contributed by atoms with E-state index in [-0.39, 0.29) is 5.78 Å². The van der Waals surface area contributed by atoms with Gasteiger partial charge < -0.3 is 5.11 Å². The highest BCUT2D eigenvalue weighted by Crippen LogP contribution is 2.23. The zero-order valence-electron chi connectivity index (χ0n) is 9.11. The second-order valence-corrected chi connectivity index (χ2v) is 4.61. The quantitative estimate of drug-likeness (QED) is 0.865. The number of halogens is 1. The number of aliphatic carboxylic acids is 1. The predicted octanol–water partition coefficient (Wildman–Crippen LogP) is 2.99. The van der Waals surface area contributed by atoms with Crippen molar-refractivity contribution in [1.29, 1.82) is 0 Å². The molecule has 0 aromatic heterocycles. The van der Waals surface area contributed by atoms with Crippen molar-refractivity contribution >= 4 is 27.7 Å². The number of hydrogen-bond donors (Lipinski definition) is 1. The molecular formula is C12H13BrO3. The molecule has 0 fully saturated rings. The van der Waals surface area contributed by atoms with Crippen molar-refractivity contribution in [3.63, 3.8) is 0 Å².